The number of rotatable bonds is 5. The molecule has 6 heteroatoms. The van der Waals surface area contributed by atoms with E-state index in [1.54, 1.807) is 0 Å². The molecular formula is C20H27N5O. The van der Waals surface area contributed by atoms with Gasteiger partial charge < -0.3 is 10.2 Å². The Bertz CT molecular complexity index is 723. The van der Waals surface area contributed by atoms with Crippen molar-refractivity contribution in [3.63, 3.8) is 0 Å². The Kier molecular flexibility index (Phi) is 5.20. The third-order valence-electron chi connectivity index (χ3n) is 5.39. The highest BCUT2D eigenvalue weighted by Gasteiger charge is 2.26. The normalized spacial score (nSPS) is 20.2. The lowest BCUT2D eigenvalue weighted by molar-refractivity contribution is 0.168. The largest absolute Gasteiger partial charge is 0.336 e. The van der Waals surface area contributed by atoms with Crippen molar-refractivity contribution in [2.24, 2.45) is 0 Å². The average molecular weight is 353 g/mol. The van der Waals surface area contributed by atoms with E-state index in [-0.39, 0.29) is 12.1 Å². The molecule has 0 unspecified atom stereocenters. The van der Waals surface area contributed by atoms with Gasteiger partial charge in [0.2, 0.25) is 0 Å². The Balaban J connectivity index is 1.35. The van der Waals surface area contributed by atoms with Crippen molar-refractivity contribution in [1.82, 2.24) is 24.9 Å². The predicted molar refractivity (Wildman–Crippen MR) is 101 cm³/mol. The summed E-state index contributed by atoms with van der Waals surface area (Å²) in [7, 11) is 0. The first-order valence-corrected chi connectivity index (χ1v) is 9.61. The van der Waals surface area contributed by atoms with E-state index >= 15 is 0 Å². The van der Waals surface area contributed by atoms with Crippen molar-refractivity contribution in [3.05, 3.63) is 53.9 Å². The summed E-state index contributed by atoms with van der Waals surface area (Å²) in [5, 5.41) is 7.61. The van der Waals surface area contributed by atoms with Gasteiger partial charge in [-0.1, -0.05) is 30.3 Å². The van der Waals surface area contributed by atoms with Crippen LogP contribution in [0.25, 0.3) is 0 Å². The molecule has 0 aliphatic carbocycles. The van der Waals surface area contributed by atoms with Gasteiger partial charge in [0, 0.05) is 45.5 Å². The number of fused-ring (bicyclic) bond motifs is 1. The van der Waals surface area contributed by atoms with Crippen LogP contribution in [0.5, 0.6) is 0 Å². The number of benzene rings is 1. The first-order valence-electron chi connectivity index (χ1n) is 9.61. The molecular weight excluding hydrogens is 326 g/mol. The van der Waals surface area contributed by atoms with Crippen LogP contribution in [0.1, 0.15) is 30.1 Å². The Labute approximate surface area is 154 Å². The summed E-state index contributed by atoms with van der Waals surface area (Å²) in [5.74, 6) is 0. The SMILES string of the molecule is O=C(NC[C@H]1CN(CCc2ccccc2)Cc2ccnn21)N1CCCC1. The molecule has 1 aromatic carbocycles. The lowest BCUT2D eigenvalue weighted by Crippen LogP contribution is -2.46. The van der Waals surface area contributed by atoms with Crippen LogP contribution >= 0.6 is 0 Å². The fraction of sp³-hybridized carbons (Fsp3) is 0.500. The highest BCUT2D eigenvalue weighted by Crippen LogP contribution is 2.20. The number of carbonyl (C=O) groups is 1. The number of aromatic nitrogens is 2. The van der Waals surface area contributed by atoms with Gasteiger partial charge in [-0.05, 0) is 30.9 Å². The summed E-state index contributed by atoms with van der Waals surface area (Å²) in [4.78, 5) is 16.7. The Morgan fingerprint density at radius 1 is 1.15 bits per heavy atom. The molecule has 6 nitrogen and oxygen atoms in total. The maximum absolute atomic E-state index is 12.3. The van der Waals surface area contributed by atoms with Gasteiger partial charge in [-0.3, -0.25) is 9.58 Å². The number of nitrogens with zero attached hydrogens (tertiary/aromatic N) is 4. The molecule has 0 spiro atoms. The highest BCUT2D eigenvalue weighted by molar-refractivity contribution is 5.74. The third-order valence-corrected chi connectivity index (χ3v) is 5.39. The van der Waals surface area contributed by atoms with Crippen LogP contribution in [-0.4, -0.2) is 58.3 Å². The highest BCUT2D eigenvalue weighted by atomic mass is 16.2. The standard InChI is InChI=1S/C20H27N5O/c26-20(24-11-4-5-12-24)21-14-19-16-23(15-18-8-10-22-25(18)19)13-9-17-6-2-1-3-7-17/h1-3,6-8,10,19H,4-5,9,11-16H2,(H,21,26)/t19-/m0/s1. The minimum absolute atomic E-state index is 0.0672. The van der Waals surface area contributed by atoms with Gasteiger partial charge in [-0.25, -0.2) is 4.79 Å². The molecule has 0 bridgehead atoms. The van der Waals surface area contributed by atoms with Crippen LogP contribution in [0.4, 0.5) is 4.79 Å². The average Bonchev–Trinajstić information content (AvgIpc) is 3.36. The lowest BCUT2D eigenvalue weighted by Gasteiger charge is -2.34. The van der Waals surface area contributed by atoms with Gasteiger partial charge in [0.05, 0.1) is 11.7 Å². The number of amides is 2. The van der Waals surface area contributed by atoms with Crippen molar-refractivity contribution < 1.29 is 4.79 Å². The van der Waals surface area contributed by atoms with E-state index in [0.29, 0.717) is 6.54 Å². The van der Waals surface area contributed by atoms with Crippen molar-refractivity contribution in [3.8, 4) is 0 Å². The molecule has 1 saturated heterocycles. The monoisotopic (exact) mass is 353 g/mol. The van der Waals surface area contributed by atoms with Gasteiger partial charge in [-0.15, -0.1) is 0 Å². The fourth-order valence-electron chi connectivity index (χ4n) is 3.96. The number of hydrogen-bond acceptors (Lipinski definition) is 3. The molecule has 2 aromatic rings. The maximum Gasteiger partial charge on any atom is 0.317 e. The van der Waals surface area contributed by atoms with E-state index in [2.05, 4.69) is 56.4 Å². The number of nitrogens with one attached hydrogen (secondary N) is 1. The third kappa shape index (κ3) is 3.90. The van der Waals surface area contributed by atoms with Gasteiger partial charge in [0.15, 0.2) is 0 Å². The summed E-state index contributed by atoms with van der Waals surface area (Å²) in [6.07, 6.45) is 5.15. The molecule has 1 N–H and O–H groups in total. The second kappa shape index (κ2) is 7.91. The molecule has 1 fully saturated rings. The predicted octanol–water partition coefficient (Wildman–Crippen LogP) is 2.29. The molecule has 4 rings (SSSR count). The number of urea groups is 1. The zero-order valence-electron chi connectivity index (χ0n) is 15.2. The van der Waals surface area contributed by atoms with E-state index in [9.17, 15) is 4.79 Å². The first-order chi connectivity index (χ1) is 12.8. The summed E-state index contributed by atoms with van der Waals surface area (Å²) >= 11 is 0. The van der Waals surface area contributed by atoms with Crippen molar-refractivity contribution in [1.29, 1.82) is 0 Å². The topological polar surface area (TPSA) is 53.4 Å². The quantitative estimate of drug-likeness (QED) is 0.897. The van der Waals surface area contributed by atoms with Crippen LogP contribution in [0.2, 0.25) is 0 Å². The Morgan fingerprint density at radius 3 is 2.77 bits per heavy atom. The minimum atomic E-state index is 0.0672. The Hall–Kier alpha value is -2.34. The van der Waals surface area contributed by atoms with Crippen LogP contribution in [-0.2, 0) is 13.0 Å². The maximum atomic E-state index is 12.3. The summed E-state index contributed by atoms with van der Waals surface area (Å²) in [6.45, 7) is 5.25. The van der Waals surface area contributed by atoms with Gasteiger partial charge >= 0.3 is 6.03 Å². The smallest absolute Gasteiger partial charge is 0.317 e. The van der Waals surface area contributed by atoms with Gasteiger partial charge in [-0.2, -0.15) is 5.10 Å². The fourth-order valence-corrected chi connectivity index (χ4v) is 3.96. The first kappa shape index (κ1) is 17.1. The number of hydrogen-bond donors (Lipinski definition) is 1. The zero-order valence-corrected chi connectivity index (χ0v) is 15.2. The van der Waals surface area contributed by atoms with Crippen molar-refractivity contribution in [2.45, 2.75) is 31.8 Å². The molecule has 2 aliphatic rings. The molecule has 26 heavy (non-hydrogen) atoms. The van der Waals surface area contributed by atoms with Crippen LogP contribution in [0, 0.1) is 0 Å². The number of carbonyl (C=O) groups excluding carboxylic acids is 1. The van der Waals surface area contributed by atoms with E-state index < -0.39 is 0 Å². The van der Waals surface area contributed by atoms with Crippen molar-refractivity contribution >= 4 is 6.03 Å². The van der Waals surface area contributed by atoms with E-state index in [1.165, 1.54) is 11.3 Å². The molecule has 1 aromatic heterocycles. The van der Waals surface area contributed by atoms with Gasteiger partial charge in [0.25, 0.3) is 0 Å². The Morgan fingerprint density at radius 2 is 1.96 bits per heavy atom. The van der Waals surface area contributed by atoms with E-state index in [1.807, 2.05) is 11.1 Å². The van der Waals surface area contributed by atoms with Crippen LogP contribution in [0.15, 0.2) is 42.6 Å². The lowest BCUT2D eigenvalue weighted by atomic mass is 10.1. The molecule has 3 heterocycles. The number of likely N-dealkylation sites (tertiary alicyclic amines) is 1. The molecule has 1 atom stereocenters. The van der Waals surface area contributed by atoms with E-state index in [0.717, 1.165) is 52.0 Å². The van der Waals surface area contributed by atoms with Crippen LogP contribution in [0.3, 0.4) is 0 Å². The van der Waals surface area contributed by atoms with Crippen molar-refractivity contribution in [2.75, 3.05) is 32.7 Å². The molecule has 138 valence electrons. The summed E-state index contributed by atoms with van der Waals surface area (Å²) in [6, 6.07) is 13.0. The second-order valence-corrected chi connectivity index (χ2v) is 7.27. The van der Waals surface area contributed by atoms with Gasteiger partial charge in [0.1, 0.15) is 0 Å². The summed E-state index contributed by atoms with van der Waals surface area (Å²) < 4.78 is 2.09. The molecule has 0 radical (unpaired) electrons. The summed E-state index contributed by atoms with van der Waals surface area (Å²) in [5.41, 5.74) is 2.59. The minimum Gasteiger partial charge on any atom is -0.336 e. The molecule has 2 aliphatic heterocycles. The molecule has 0 saturated carbocycles. The molecule has 2 amide bonds. The van der Waals surface area contributed by atoms with E-state index in [4.69, 9.17) is 0 Å². The van der Waals surface area contributed by atoms with Crippen LogP contribution < -0.4 is 5.32 Å². The second-order valence-electron chi connectivity index (χ2n) is 7.27. The zero-order chi connectivity index (χ0) is 17.8.